The number of rotatable bonds is 7. The highest BCUT2D eigenvalue weighted by Gasteiger charge is 2.30. The number of urea groups is 1. The molecule has 180 valence electrons. The van der Waals surface area contributed by atoms with Gasteiger partial charge in [0.15, 0.2) is 5.65 Å². The molecule has 3 aromatic rings. The number of nitrogens with one attached hydrogen (secondary N) is 2. The van der Waals surface area contributed by atoms with Crippen molar-refractivity contribution in [2.24, 2.45) is 5.92 Å². The molecule has 4 rings (SSSR count). The Morgan fingerprint density at radius 2 is 2.06 bits per heavy atom. The SMILES string of the molecule is CC(C)CC(NC(=O)Nc1cnn2ccc(N3CCCC3c3cc(F)ccc3F)nc12)C(=O)O. The zero-order valence-electron chi connectivity index (χ0n) is 18.8. The van der Waals surface area contributed by atoms with Crippen molar-refractivity contribution in [1.82, 2.24) is 19.9 Å². The second-order valence-corrected chi connectivity index (χ2v) is 8.75. The molecule has 0 spiro atoms. The highest BCUT2D eigenvalue weighted by Crippen LogP contribution is 2.37. The molecule has 1 fully saturated rings. The van der Waals surface area contributed by atoms with Crippen molar-refractivity contribution in [2.45, 2.75) is 45.2 Å². The molecule has 2 atom stereocenters. The first-order valence-electron chi connectivity index (χ1n) is 11.1. The minimum absolute atomic E-state index is 0.0823. The lowest BCUT2D eigenvalue weighted by Crippen LogP contribution is -2.43. The number of fused-ring (bicyclic) bond motifs is 1. The van der Waals surface area contributed by atoms with Gasteiger partial charge in [-0.15, -0.1) is 0 Å². The highest BCUT2D eigenvalue weighted by molar-refractivity contribution is 5.95. The van der Waals surface area contributed by atoms with E-state index >= 15 is 0 Å². The molecule has 0 radical (unpaired) electrons. The maximum atomic E-state index is 14.4. The third kappa shape index (κ3) is 4.92. The zero-order valence-corrected chi connectivity index (χ0v) is 18.8. The van der Waals surface area contributed by atoms with Crippen LogP contribution in [0.2, 0.25) is 0 Å². The van der Waals surface area contributed by atoms with Gasteiger partial charge >= 0.3 is 12.0 Å². The summed E-state index contributed by atoms with van der Waals surface area (Å²) in [4.78, 5) is 30.4. The number of carbonyl (C=O) groups is 2. The van der Waals surface area contributed by atoms with Gasteiger partial charge in [-0.1, -0.05) is 13.8 Å². The number of benzene rings is 1. The molecule has 1 aliphatic heterocycles. The van der Waals surface area contributed by atoms with E-state index in [0.717, 1.165) is 18.6 Å². The second-order valence-electron chi connectivity index (χ2n) is 8.75. The number of anilines is 2. The Labute approximate surface area is 194 Å². The van der Waals surface area contributed by atoms with Crippen LogP contribution in [0.5, 0.6) is 0 Å². The molecular formula is C23H26F2N6O3. The van der Waals surface area contributed by atoms with Gasteiger partial charge in [0.05, 0.1) is 12.2 Å². The number of hydrogen-bond donors (Lipinski definition) is 3. The van der Waals surface area contributed by atoms with E-state index in [2.05, 4.69) is 20.7 Å². The summed E-state index contributed by atoms with van der Waals surface area (Å²) < 4.78 is 29.7. The Morgan fingerprint density at radius 3 is 2.79 bits per heavy atom. The third-order valence-corrected chi connectivity index (χ3v) is 5.78. The first kappa shape index (κ1) is 23.4. The van der Waals surface area contributed by atoms with Gasteiger partial charge in [0.1, 0.15) is 29.2 Å². The molecule has 2 amide bonds. The van der Waals surface area contributed by atoms with Crippen LogP contribution < -0.4 is 15.5 Å². The van der Waals surface area contributed by atoms with E-state index < -0.39 is 29.7 Å². The van der Waals surface area contributed by atoms with Crippen LogP contribution in [-0.4, -0.2) is 44.3 Å². The normalized spacial score (nSPS) is 16.7. The molecule has 1 saturated heterocycles. The Morgan fingerprint density at radius 1 is 1.26 bits per heavy atom. The van der Waals surface area contributed by atoms with Crippen LogP contribution in [0.3, 0.4) is 0 Å². The predicted octanol–water partition coefficient (Wildman–Crippen LogP) is 3.97. The number of aromatic nitrogens is 3. The molecule has 0 bridgehead atoms. The lowest BCUT2D eigenvalue weighted by molar-refractivity contribution is -0.139. The summed E-state index contributed by atoms with van der Waals surface area (Å²) in [5.41, 5.74) is 0.907. The molecule has 2 aromatic heterocycles. The second kappa shape index (κ2) is 9.62. The van der Waals surface area contributed by atoms with E-state index in [1.54, 1.807) is 12.3 Å². The maximum Gasteiger partial charge on any atom is 0.326 e. The van der Waals surface area contributed by atoms with Crippen LogP contribution >= 0.6 is 0 Å². The quantitative estimate of drug-likeness (QED) is 0.480. The monoisotopic (exact) mass is 472 g/mol. The molecule has 2 unspecified atom stereocenters. The lowest BCUT2D eigenvalue weighted by atomic mass is 10.0. The summed E-state index contributed by atoms with van der Waals surface area (Å²) >= 11 is 0. The Balaban J connectivity index is 1.57. The maximum absolute atomic E-state index is 14.4. The fourth-order valence-corrected chi connectivity index (χ4v) is 4.25. The minimum Gasteiger partial charge on any atom is -0.480 e. The molecule has 1 aromatic carbocycles. The number of halogens is 2. The molecule has 0 saturated carbocycles. The van der Waals surface area contributed by atoms with Crippen LogP contribution in [0.1, 0.15) is 44.7 Å². The molecule has 9 nitrogen and oxygen atoms in total. The smallest absolute Gasteiger partial charge is 0.326 e. The zero-order chi connectivity index (χ0) is 24.4. The highest BCUT2D eigenvalue weighted by atomic mass is 19.1. The van der Waals surface area contributed by atoms with Crippen molar-refractivity contribution in [3.63, 3.8) is 0 Å². The summed E-state index contributed by atoms with van der Waals surface area (Å²) in [7, 11) is 0. The van der Waals surface area contributed by atoms with Crippen molar-refractivity contribution in [2.75, 3.05) is 16.8 Å². The van der Waals surface area contributed by atoms with Gasteiger partial charge in [0.2, 0.25) is 0 Å². The largest absolute Gasteiger partial charge is 0.480 e. The fraction of sp³-hybridized carbons (Fsp3) is 0.391. The lowest BCUT2D eigenvalue weighted by Gasteiger charge is -2.26. The van der Waals surface area contributed by atoms with E-state index in [4.69, 9.17) is 0 Å². The van der Waals surface area contributed by atoms with E-state index in [0.29, 0.717) is 30.1 Å². The number of carbonyl (C=O) groups excluding carboxylic acids is 1. The summed E-state index contributed by atoms with van der Waals surface area (Å²) in [6, 6.07) is 3.06. The first-order chi connectivity index (χ1) is 16.2. The number of aliphatic carboxylic acids is 1. The molecule has 1 aliphatic rings. The Kier molecular flexibility index (Phi) is 6.62. The van der Waals surface area contributed by atoms with Crippen molar-refractivity contribution in [3.05, 3.63) is 53.9 Å². The van der Waals surface area contributed by atoms with E-state index in [9.17, 15) is 23.5 Å². The van der Waals surface area contributed by atoms with E-state index in [1.165, 1.54) is 16.8 Å². The van der Waals surface area contributed by atoms with Crippen molar-refractivity contribution >= 4 is 29.2 Å². The fourth-order valence-electron chi connectivity index (χ4n) is 4.25. The average molecular weight is 472 g/mol. The minimum atomic E-state index is -1.12. The van der Waals surface area contributed by atoms with Crippen molar-refractivity contribution in [1.29, 1.82) is 0 Å². The number of amides is 2. The Hall–Kier alpha value is -3.76. The summed E-state index contributed by atoms with van der Waals surface area (Å²) in [6.07, 6.45) is 4.79. The van der Waals surface area contributed by atoms with Crippen molar-refractivity contribution in [3.8, 4) is 0 Å². The molecular weight excluding hydrogens is 446 g/mol. The molecule has 11 heteroatoms. The van der Waals surface area contributed by atoms with Crippen LogP contribution in [0, 0.1) is 17.6 Å². The number of carboxylic acid groups (broad SMARTS) is 1. The van der Waals surface area contributed by atoms with Crippen LogP contribution in [-0.2, 0) is 4.79 Å². The first-order valence-corrected chi connectivity index (χ1v) is 11.1. The molecule has 3 N–H and O–H groups in total. The third-order valence-electron chi connectivity index (χ3n) is 5.78. The summed E-state index contributed by atoms with van der Waals surface area (Å²) in [6.45, 7) is 4.35. The van der Waals surface area contributed by atoms with Crippen LogP contribution in [0.15, 0.2) is 36.7 Å². The van der Waals surface area contributed by atoms with Gasteiger partial charge in [0, 0.05) is 18.3 Å². The molecule has 0 aliphatic carbocycles. The van der Waals surface area contributed by atoms with E-state index in [-0.39, 0.29) is 23.9 Å². The van der Waals surface area contributed by atoms with E-state index in [1.807, 2.05) is 18.7 Å². The number of nitrogens with zero attached hydrogens (tertiary/aromatic N) is 4. The summed E-state index contributed by atoms with van der Waals surface area (Å²) in [5, 5.41) is 18.6. The number of carboxylic acids is 1. The van der Waals surface area contributed by atoms with Crippen LogP contribution in [0.4, 0.5) is 25.1 Å². The van der Waals surface area contributed by atoms with Gasteiger partial charge in [-0.2, -0.15) is 5.10 Å². The van der Waals surface area contributed by atoms with Gasteiger partial charge in [-0.25, -0.2) is 27.9 Å². The predicted molar refractivity (Wildman–Crippen MR) is 122 cm³/mol. The van der Waals surface area contributed by atoms with Crippen LogP contribution in [0.25, 0.3) is 5.65 Å². The number of hydrogen-bond acceptors (Lipinski definition) is 5. The van der Waals surface area contributed by atoms with Gasteiger partial charge in [-0.05, 0) is 49.4 Å². The van der Waals surface area contributed by atoms with Gasteiger partial charge in [-0.3, -0.25) is 0 Å². The Bertz CT molecular complexity index is 1210. The van der Waals surface area contributed by atoms with Gasteiger partial charge in [0.25, 0.3) is 0 Å². The average Bonchev–Trinajstić information content (AvgIpc) is 3.41. The molecule has 3 heterocycles. The standard InChI is InChI=1S/C23H26F2N6O3/c1-13(2)10-17(22(32)33)27-23(34)28-18-12-26-31-9-7-20(29-21(18)31)30-8-3-4-19(30)15-11-14(24)5-6-16(15)25/h5-7,9,11-13,17,19H,3-4,8,10H2,1-2H3,(H,32,33)(H2,27,28,34). The molecule has 34 heavy (non-hydrogen) atoms. The topological polar surface area (TPSA) is 112 Å². The van der Waals surface area contributed by atoms with Crippen molar-refractivity contribution < 1.29 is 23.5 Å². The van der Waals surface area contributed by atoms with Gasteiger partial charge < -0.3 is 20.6 Å². The summed E-state index contributed by atoms with van der Waals surface area (Å²) in [5.74, 6) is -1.48.